The van der Waals surface area contributed by atoms with Crippen LogP contribution in [0.2, 0.25) is 0 Å². The molecule has 0 saturated carbocycles. The van der Waals surface area contributed by atoms with E-state index < -0.39 is 5.97 Å². The summed E-state index contributed by atoms with van der Waals surface area (Å²) in [6, 6.07) is 6.48. The summed E-state index contributed by atoms with van der Waals surface area (Å²) in [5.41, 5.74) is 1.16. The standard InChI is InChI=1S/C13H12ClNO3/c1-2-18-13(17)12-4-3-9(8-15)5-10(12)6-11(16)7-14/h3-5H,2,6-7H2,1H3. The van der Waals surface area contributed by atoms with Gasteiger partial charge in [-0.1, -0.05) is 0 Å². The molecular formula is C13H12ClNO3. The lowest BCUT2D eigenvalue weighted by Crippen LogP contribution is -2.12. The van der Waals surface area contributed by atoms with Gasteiger partial charge in [-0.3, -0.25) is 4.79 Å². The molecule has 0 aromatic heterocycles. The Hall–Kier alpha value is -1.86. The molecule has 18 heavy (non-hydrogen) atoms. The number of halogens is 1. The van der Waals surface area contributed by atoms with Crippen molar-refractivity contribution < 1.29 is 14.3 Å². The molecule has 0 radical (unpaired) electrons. The number of hydrogen-bond donors (Lipinski definition) is 0. The third-order valence-corrected chi connectivity index (χ3v) is 2.56. The number of nitrogens with zero attached hydrogens (tertiary/aromatic N) is 1. The molecule has 1 aromatic rings. The largest absolute Gasteiger partial charge is 0.462 e. The first-order chi connectivity index (χ1) is 8.62. The Kier molecular flexibility index (Phi) is 5.34. The van der Waals surface area contributed by atoms with Gasteiger partial charge in [0, 0.05) is 6.42 Å². The molecule has 0 aliphatic heterocycles. The normalized spacial score (nSPS) is 9.61. The summed E-state index contributed by atoms with van der Waals surface area (Å²) < 4.78 is 4.89. The van der Waals surface area contributed by atoms with Crippen LogP contribution >= 0.6 is 11.6 Å². The molecule has 4 nitrogen and oxygen atoms in total. The fourth-order valence-corrected chi connectivity index (χ4v) is 1.57. The van der Waals surface area contributed by atoms with Crippen LogP contribution in [-0.4, -0.2) is 24.2 Å². The smallest absolute Gasteiger partial charge is 0.338 e. The molecule has 94 valence electrons. The lowest BCUT2D eigenvalue weighted by atomic mass is 10.00. The van der Waals surface area contributed by atoms with Crippen molar-refractivity contribution in [1.29, 1.82) is 5.26 Å². The fraction of sp³-hybridized carbons (Fsp3) is 0.308. The molecule has 0 spiro atoms. The first kappa shape index (κ1) is 14.2. The van der Waals surface area contributed by atoms with Gasteiger partial charge in [-0.05, 0) is 30.7 Å². The van der Waals surface area contributed by atoms with Gasteiger partial charge in [0.05, 0.1) is 29.7 Å². The maximum atomic E-state index is 11.7. The van der Waals surface area contributed by atoms with E-state index in [1.165, 1.54) is 18.2 Å². The maximum Gasteiger partial charge on any atom is 0.338 e. The zero-order valence-corrected chi connectivity index (χ0v) is 10.7. The molecule has 0 bridgehead atoms. The third kappa shape index (κ3) is 3.57. The summed E-state index contributed by atoms with van der Waals surface area (Å²) in [5.74, 6) is -0.837. The zero-order chi connectivity index (χ0) is 13.5. The molecular weight excluding hydrogens is 254 g/mol. The fourth-order valence-electron chi connectivity index (χ4n) is 1.48. The van der Waals surface area contributed by atoms with Crippen molar-refractivity contribution in [3.63, 3.8) is 0 Å². The Morgan fingerprint density at radius 3 is 2.72 bits per heavy atom. The van der Waals surface area contributed by atoms with Gasteiger partial charge >= 0.3 is 5.97 Å². The second kappa shape index (κ2) is 6.77. The van der Waals surface area contributed by atoms with Crippen molar-refractivity contribution in [1.82, 2.24) is 0 Å². The zero-order valence-electron chi connectivity index (χ0n) is 9.90. The van der Waals surface area contributed by atoms with Crippen LogP contribution in [0.1, 0.15) is 28.4 Å². The lowest BCUT2D eigenvalue weighted by Gasteiger charge is -2.08. The van der Waals surface area contributed by atoms with E-state index in [2.05, 4.69) is 0 Å². The highest BCUT2D eigenvalue weighted by atomic mass is 35.5. The number of esters is 1. The second-order valence-electron chi connectivity index (χ2n) is 3.55. The first-order valence-electron chi connectivity index (χ1n) is 5.40. The van der Waals surface area contributed by atoms with Crippen molar-refractivity contribution in [3.8, 4) is 6.07 Å². The highest BCUT2D eigenvalue weighted by Gasteiger charge is 2.15. The molecule has 0 atom stereocenters. The van der Waals surface area contributed by atoms with E-state index in [0.717, 1.165) is 0 Å². The van der Waals surface area contributed by atoms with Crippen LogP contribution in [0, 0.1) is 11.3 Å². The Bertz CT molecular complexity index is 505. The van der Waals surface area contributed by atoms with Gasteiger partial charge in [-0.2, -0.15) is 5.26 Å². The van der Waals surface area contributed by atoms with E-state index in [1.807, 2.05) is 6.07 Å². The summed E-state index contributed by atoms with van der Waals surface area (Å²) in [4.78, 5) is 23.0. The van der Waals surface area contributed by atoms with Gasteiger partial charge in [-0.15, -0.1) is 11.6 Å². The SMILES string of the molecule is CCOC(=O)c1ccc(C#N)cc1CC(=O)CCl. The molecule has 0 N–H and O–H groups in total. The topological polar surface area (TPSA) is 67.2 Å². The Morgan fingerprint density at radius 1 is 1.44 bits per heavy atom. The van der Waals surface area contributed by atoms with Crippen molar-refractivity contribution >= 4 is 23.4 Å². The van der Waals surface area contributed by atoms with E-state index in [4.69, 9.17) is 21.6 Å². The molecule has 0 unspecified atom stereocenters. The average molecular weight is 266 g/mol. The number of nitriles is 1. The number of benzene rings is 1. The number of hydrogen-bond acceptors (Lipinski definition) is 4. The van der Waals surface area contributed by atoms with Crippen LogP contribution < -0.4 is 0 Å². The maximum absolute atomic E-state index is 11.7. The molecule has 0 heterocycles. The number of carbonyl (C=O) groups is 2. The van der Waals surface area contributed by atoms with Gasteiger partial charge in [0.25, 0.3) is 0 Å². The van der Waals surface area contributed by atoms with Gasteiger partial charge in [0.15, 0.2) is 5.78 Å². The number of ether oxygens (including phenoxy) is 1. The number of alkyl halides is 1. The monoisotopic (exact) mass is 265 g/mol. The Morgan fingerprint density at radius 2 is 2.17 bits per heavy atom. The highest BCUT2D eigenvalue weighted by molar-refractivity contribution is 6.27. The van der Waals surface area contributed by atoms with E-state index >= 15 is 0 Å². The molecule has 0 amide bonds. The van der Waals surface area contributed by atoms with Crippen LogP contribution in [0.5, 0.6) is 0 Å². The lowest BCUT2D eigenvalue weighted by molar-refractivity contribution is -0.116. The van der Waals surface area contributed by atoms with Gasteiger partial charge < -0.3 is 4.74 Å². The predicted molar refractivity (Wildman–Crippen MR) is 66.5 cm³/mol. The van der Waals surface area contributed by atoms with E-state index in [9.17, 15) is 9.59 Å². The molecule has 0 fully saturated rings. The molecule has 1 aromatic carbocycles. The van der Waals surface area contributed by atoms with Crippen molar-refractivity contribution in [2.45, 2.75) is 13.3 Å². The number of carbonyl (C=O) groups excluding carboxylic acids is 2. The summed E-state index contributed by atoms with van der Waals surface area (Å²) in [7, 11) is 0. The minimum atomic E-state index is -0.501. The van der Waals surface area contributed by atoms with Crippen molar-refractivity contribution in [3.05, 3.63) is 34.9 Å². The van der Waals surface area contributed by atoms with Crippen LogP contribution in [-0.2, 0) is 16.0 Å². The van der Waals surface area contributed by atoms with Crippen molar-refractivity contribution in [2.75, 3.05) is 12.5 Å². The average Bonchev–Trinajstić information content (AvgIpc) is 2.38. The summed E-state index contributed by atoms with van der Waals surface area (Å²) >= 11 is 5.44. The van der Waals surface area contributed by atoms with E-state index in [1.54, 1.807) is 6.92 Å². The molecule has 0 aliphatic carbocycles. The van der Waals surface area contributed by atoms with Gasteiger partial charge in [-0.25, -0.2) is 4.79 Å². The third-order valence-electron chi connectivity index (χ3n) is 2.27. The first-order valence-corrected chi connectivity index (χ1v) is 5.93. The summed E-state index contributed by atoms with van der Waals surface area (Å²) in [5, 5.41) is 8.81. The van der Waals surface area contributed by atoms with E-state index in [0.29, 0.717) is 16.7 Å². The minimum absolute atomic E-state index is 0.0210. The minimum Gasteiger partial charge on any atom is -0.462 e. The van der Waals surface area contributed by atoms with Gasteiger partial charge in [0.1, 0.15) is 0 Å². The summed E-state index contributed by atoms with van der Waals surface area (Å²) in [6.45, 7) is 1.95. The van der Waals surface area contributed by atoms with Gasteiger partial charge in [0.2, 0.25) is 0 Å². The van der Waals surface area contributed by atoms with Crippen LogP contribution in [0.4, 0.5) is 0 Å². The molecule has 1 rings (SSSR count). The number of ketones is 1. The van der Waals surface area contributed by atoms with E-state index in [-0.39, 0.29) is 24.7 Å². The number of rotatable bonds is 5. The van der Waals surface area contributed by atoms with Crippen LogP contribution in [0.3, 0.4) is 0 Å². The van der Waals surface area contributed by atoms with Crippen molar-refractivity contribution in [2.24, 2.45) is 0 Å². The summed E-state index contributed by atoms with van der Waals surface area (Å²) in [6.07, 6.45) is 0.0210. The molecule has 0 saturated heterocycles. The van der Waals surface area contributed by atoms with Crippen LogP contribution in [0.15, 0.2) is 18.2 Å². The Balaban J connectivity index is 3.12. The number of Topliss-reactive ketones (excluding diaryl/α,β-unsaturated/α-hetero) is 1. The Labute approximate surface area is 110 Å². The highest BCUT2D eigenvalue weighted by Crippen LogP contribution is 2.15. The predicted octanol–water partition coefficient (Wildman–Crippen LogP) is 2.09. The quantitative estimate of drug-likeness (QED) is 0.604. The van der Waals surface area contributed by atoms with Crippen LogP contribution in [0.25, 0.3) is 0 Å². The second-order valence-corrected chi connectivity index (χ2v) is 3.82. The molecule has 5 heteroatoms. The molecule has 0 aliphatic rings.